The van der Waals surface area contributed by atoms with Crippen molar-refractivity contribution in [2.45, 2.75) is 77.2 Å². The zero-order valence-electron chi connectivity index (χ0n) is 18.3. The number of hydrogen-bond acceptors (Lipinski definition) is 6. The lowest BCUT2D eigenvalue weighted by atomic mass is 9.85. The molecule has 1 heterocycles. The van der Waals surface area contributed by atoms with Gasteiger partial charge in [0.1, 0.15) is 11.3 Å². The molecule has 3 unspecified atom stereocenters. The molecule has 0 aromatic carbocycles. The van der Waals surface area contributed by atoms with Crippen molar-refractivity contribution in [2.24, 2.45) is 5.92 Å². The van der Waals surface area contributed by atoms with Gasteiger partial charge >= 0.3 is 14.5 Å². The van der Waals surface area contributed by atoms with Crippen molar-refractivity contribution in [1.82, 2.24) is 0 Å². The lowest BCUT2D eigenvalue weighted by Crippen LogP contribution is -2.70. The predicted octanol–water partition coefficient (Wildman–Crippen LogP) is 3.75. The second kappa shape index (κ2) is 12.7. The molecule has 0 bridgehead atoms. The first-order valence-electron chi connectivity index (χ1n) is 9.92. The molecule has 1 rings (SSSR count). The highest BCUT2D eigenvalue weighted by molar-refractivity contribution is 6.70. The summed E-state index contributed by atoms with van der Waals surface area (Å²) in [6, 6.07) is 0.898. The van der Waals surface area contributed by atoms with Gasteiger partial charge in [-0.05, 0) is 39.2 Å². The molecule has 27 heavy (non-hydrogen) atoms. The summed E-state index contributed by atoms with van der Waals surface area (Å²) in [7, 11) is 2.60. The number of esters is 1. The van der Waals surface area contributed by atoms with Gasteiger partial charge in [0.2, 0.25) is 0 Å². The maximum atomic E-state index is 12.1. The van der Waals surface area contributed by atoms with Gasteiger partial charge in [0, 0.05) is 39.4 Å². The van der Waals surface area contributed by atoms with Crippen molar-refractivity contribution in [3.05, 3.63) is 12.2 Å². The quantitative estimate of drug-likeness (QED) is 0.358. The van der Waals surface area contributed by atoms with E-state index in [4.69, 9.17) is 23.4 Å². The number of carbonyl (C=O) groups is 1. The number of ether oxygens (including phenoxy) is 2. The zero-order chi connectivity index (χ0) is 21.1. The molecule has 0 radical (unpaired) electrons. The molecular weight excluding hydrogens is 364 g/mol. The minimum atomic E-state index is -2.59. The fourth-order valence-corrected chi connectivity index (χ4v) is 8.44. The van der Waals surface area contributed by atoms with Gasteiger partial charge in [-0.15, -0.1) is 0 Å². The second-order valence-electron chi connectivity index (χ2n) is 6.95. The van der Waals surface area contributed by atoms with Crippen LogP contribution in [0.5, 0.6) is 0 Å². The van der Waals surface area contributed by atoms with Gasteiger partial charge in [0.15, 0.2) is 0 Å². The van der Waals surface area contributed by atoms with Crippen molar-refractivity contribution in [1.29, 1.82) is 0 Å². The molecule has 0 aromatic heterocycles. The lowest BCUT2D eigenvalue weighted by Gasteiger charge is -2.53. The summed E-state index contributed by atoms with van der Waals surface area (Å²) in [6.07, 6.45) is 4.24. The van der Waals surface area contributed by atoms with E-state index in [1.807, 2.05) is 6.92 Å². The standard InChI is InChI=1S/C18H34O5Si.C2H6O/c1-8-12-18(20-5)15(11-10-13-24(18,21-6)22-7)16(9-2)23-17(19)14(3)4;1-2-3/h15-16H,3,8-13H2,1-2,4-7H3;3H,2H2,1H3. The SMILES string of the molecule is C=C(C)C(=O)OC(CC)C1CCC[Si](OC)(OC)C1(CCC)OC.CCO. The minimum absolute atomic E-state index is 0.0658. The summed E-state index contributed by atoms with van der Waals surface area (Å²) in [5, 5.41) is 7.06. The van der Waals surface area contributed by atoms with Crippen LogP contribution in [0, 0.1) is 5.92 Å². The van der Waals surface area contributed by atoms with Gasteiger partial charge < -0.3 is 23.4 Å². The van der Waals surface area contributed by atoms with E-state index in [-0.39, 0.29) is 24.6 Å². The van der Waals surface area contributed by atoms with E-state index in [0.29, 0.717) is 5.57 Å². The number of rotatable bonds is 9. The maximum absolute atomic E-state index is 12.1. The van der Waals surface area contributed by atoms with E-state index in [0.717, 1.165) is 38.1 Å². The summed E-state index contributed by atoms with van der Waals surface area (Å²) in [5.74, 6) is -0.271. The van der Waals surface area contributed by atoms with E-state index in [1.165, 1.54) is 0 Å². The fourth-order valence-electron chi connectivity index (χ4n) is 4.25. The normalized spacial score (nSPS) is 25.1. The Bertz CT molecular complexity index is 452. The first kappa shape index (κ1) is 26.3. The van der Waals surface area contributed by atoms with Crippen molar-refractivity contribution in [3.8, 4) is 0 Å². The summed E-state index contributed by atoms with van der Waals surface area (Å²) in [5.41, 5.74) is 0.421. The molecule has 7 heteroatoms. The molecule has 0 amide bonds. The van der Waals surface area contributed by atoms with Crippen LogP contribution in [-0.4, -0.2) is 58.9 Å². The highest BCUT2D eigenvalue weighted by Gasteiger charge is 2.64. The minimum Gasteiger partial charge on any atom is -0.459 e. The second-order valence-corrected chi connectivity index (χ2v) is 10.6. The summed E-state index contributed by atoms with van der Waals surface area (Å²) in [6.45, 7) is 11.5. The molecule has 160 valence electrons. The third kappa shape index (κ3) is 5.87. The number of methoxy groups -OCH3 is 1. The molecule has 0 saturated carbocycles. The predicted molar refractivity (Wildman–Crippen MR) is 110 cm³/mol. The number of aliphatic hydroxyl groups is 1. The molecule has 1 aliphatic heterocycles. The molecule has 0 aromatic rings. The lowest BCUT2D eigenvalue weighted by molar-refractivity contribution is -0.156. The Morgan fingerprint density at radius 2 is 1.81 bits per heavy atom. The molecule has 1 N–H and O–H groups in total. The molecule has 1 aliphatic rings. The van der Waals surface area contributed by atoms with Gasteiger partial charge in [0.05, 0.1) is 0 Å². The Kier molecular flexibility index (Phi) is 12.3. The van der Waals surface area contributed by atoms with Crippen LogP contribution < -0.4 is 0 Å². The summed E-state index contributed by atoms with van der Waals surface area (Å²) >= 11 is 0. The summed E-state index contributed by atoms with van der Waals surface area (Å²) in [4.78, 5) is 12.1. The third-order valence-electron chi connectivity index (χ3n) is 5.37. The van der Waals surface area contributed by atoms with Crippen LogP contribution in [0.3, 0.4) is 0 Å². The molecule has 0 spiro atoms. The van der Waals surface area contributed by atoms with Crippen LogP contribution in [0.1, 0.15) is 59.8 Å². The van der Waals surface area contributed by atoms with Gasteiger partial charge in [-0.2, -0.15) is 0 Å². The molecule has 6 nitrogen and oxygen atoms in total. The first-order chi connectivity index (χ1) is 12.8. The zero-order valence-corrected chi connectivity index (χ0v) is 19.3. The summed E-state index contributed by atoms with van der Waals surface area (Å²) < 4.78 is 23.9. The first-order valence-corrected chi connectivity index (χ1v) is 11.9. The fraction of sp³-hybridized carbons (Fsp3) is 0.850. The van der Waals surface area contributed by atoms with Crippen LogP contribution in [0.2, 0.25) is 6.04 Å². The van der Waals surface area contributed by atoms with Crippen LogP contribution >= 0.6 is 0 Å². The highest BCUT2D eigenvalue weighted by atomic mass is 28.4. The van der Waals surface area contributed by atoms with Crippen molar-refractivity contribution >= 4 is 14.5 Å². The Morgan fingerprint density at radius 1 is 1.26 bits per heavy atom. The monoisotopic (exact) mass is 404 g/mol. The molecule has 0 aliphatic carbocycles. The van der Waals surface area contributed by atoms with Crippen LogP contribution in [-0.2, 0) is 23.1 Å². The van der Waals surface area contributed by atoms with Gasteiger partial charge in [-0.3, -0.25) is 0 Å². The van der Waals surface area contributed by atoms with Crippen LogP contribution in [0.15, 0.2) is 12.2 Å². The largest absolute Gasteiger partial charge is 0.459 e. The Labute approximate surface area is 166 Å². The maximum Gasteiger partial charge on any atom is 0.371 e. The van der Waals surface area contributed by atoms with E-state index in [2.05, 4.69) is 13.5 Å². The molecular formula is C20H40O6Si. The third-order valence-corrected chi connectivity index (χ3v) is 9.81. The van der Waals surface area contributed by atoms with E-state index in [9.17, 15) is 4.79 Å². The average Bonchev–Trinajstić information content (AvgIpc) is 2.66. The smallest absolute Gasteiger partial charge is 0.371 e. The average molecular weight is 405 g/mol. The van der Waals surface area contributed by atoms with E-state index < -0.39 is 13.8 Å². The van der Waals surface area contributed by atoms with Gasteiger partial charge in [-0.1, -0.05) is 33.3 Å². The van der Waals surface area contributed by atoms with Gasteiger partial charge in [-0.25, -0.2) is 4.79 Å². The van der Waals surface area contributed by atoms with E-state index in [1.54, 1.807) is 35.2 Å². The van der Waals surface area contributed by atoms with Crippen LogP contribution in [0.4, 0.5) is 0 Å². The number of hydrogen-bond donors (Lipinski definition) is 1. The molecule has 1 saturated heterocycles. The molecule has 3 atom stereocenters. The van der Waals surface area contributed by atoms with E-state index >= 15 is 0 Å². The Hall–Kier alpha value is -0.733. The highest BCUT2D eigenvalue weighted by Crippen LogP contribution is 2.48. The number of carbonyl (C=O) groups excluding carboxylic acids is 1. The van der Waals surface area contributed by atoms with Gasteiger partial charge in [0.25, 0.3) is 0 Å². The Balaban J connectivity index is 0.00000210. The number of aliphatic hydroxyl groups excluding tert-OH is 1. The van der Waals surface area contributed by atoms with Crippen molar-refractivity contribution in [2.75, 3.05) is 27.9 Å². The Morgan fingerprint density at radius 3 is 2.19 bits per heavy atom. The molecule has 1 fully saturated rings. The van der Waals surface area contributed by atoms with Crippen LogP contribution in [0.25, 0.3) is 0 Å². The topological polar surface area (TPSA) is 74.2 Å². The van der Waals surface area contributed by atoms with Crippen molar-refractivity contribution in [3.63, 3.8) is 0 Å². The van der Waals surface area contributed by atoms with Crippen molar-refractivity contribution < 1.29 is 28.2 Å².